The molecule has 0 radical (unpaired) electrons. The van der Waals surface area contributed by atoms with Crippen LogP contribution in [0.5, 0.6) is 0 Å². The number of halogens is 2. The van der Waals surface area contributed by atoms with Gasteiger partial charge >= 0.3 is 5.97 Å². The first-order valence-electron chi connectivity index (χ1n) is 9.69. The summed E-state index contributed by atoms with van der Waals surface area (Å²) in [6.07, 6.45) is 3.11. The summed E-state index contributed by atoms with van der Waals surface area (Å²) in [6, 6.07) is 10.5. The summed E-state index contributed by atoms with van der Waals surface area (Å²) in [7, 11) is -4.07. The number of benzene rings is 2. The third-order valence-electron chi connectivity index (χ3n) is 5.35. The Labute approximate surface area is 190 Å². The maximum absolute atomic E-state index is 12.8. The number of hydrogen-bond donors (Lipinski definition) is 3. The maximum atomic E-state index is 12.8. The molecule has 0 bridgehead atoms. The van der Waals surface area contributed by atoms with Crippen molar-refractivity contribution in [2.24, 2.45) is 5.41 Å². The van der Waals surface area contributed by atoms with Crippen LogP contribution in [0.15, 0.2) is 47.4 Å². The molecule has 0 heterocycles. The third kappa shape index (κ3) is 5.90. The quantitative estimate of drug-likeness (QED) is 0.478. The molecule has 0 spiro atoms. The van der Waals surface area contributed by atoms with Crippen molar-refractivity contribution >= 4 is 56.5 Å². The topological polar surface area (TPSA) is 113 Å². The third-order valence-corrected chi connectivity index (χ3v) is 7.53. The van der Waals surface area contributed by atoms with E-state index in [1.54, 1.807) is 18.2 Å². The van der Waals surface area contributed by atoms with Crippen LogP contribution in [-0.4, -0.2) is 25.4 Å². The van der Waals surface area contributed by atoms with Crippen LogP contribution in [0.25, 0.3) is 0 Å². The van der Waals surface area contributed by atoms with E-state index in [1.165, 1.54) is 24.3 Å². The summed E-state index contributed by atoms with van der Waals surface area (Å²) in [5.41, 5.74) is -0.119. The van der Waals surface area contributed by atoms with Crippen LogP contribution in [0.3, 0.4) is 0 Å². The molecule has 1 aliphatic carbocycles. The second-order valence-corrected chi connectivity index (χ2v) is 10.2. The zero-order valence-corrected chi connectivity index (χ0v) is 18.9. The minimum atomic E-state index is -4.07. The van der Waals surface area contributed by atoms with E-state index in [2.05, 4.69) is 10.0 Å². The molecule has 0 unspecified atom stereocenters. The lowest BCUT2D eigenvalue weighted by molar-refractivity contribution is -0.140. The van der Waals surface area contributed by atoms with Gasteiger partial charge < -0.3 is 10.4 Å². The van der Waals surface area contributed by atoms with E-state index < -0.39 is 21.4 Å². The van der Waals surface area contributed by atoms with Crippen molar-refractivity contribution in [1.82, 2.24) is 0 Å². The van der Waals surface area contributed by atoms with Crippen molar-refractivity contribution in [3.05, 3.63) is 52.5 Å². The molecule has 1 saturated carbocycles. The van der Waals surface area contributed by atoms with E-state index in [9.17, 15) is 23.1 Å². The van der Waals surface area contributed by atoms with E-state index in [-0.39, 0.29) is 45.1 Å². The van der Waals surface area contributed by atoms with E-state index in [4.69, 9.17) is 23.2 Å². The summed E-state index contributed by atoms with van der Waals surface area (Å²) in [6.45, 7) is 0. The highest BCUT2D eigenvalue weighted by Crippen LogP contribution is 2.44. The van der Waals surface area contributed by atoms with Crippen LogP contribution < -0.4 is 10.0 Å². The average molecular weight is 485 g/mol. The molecule has 1 aliphatic rings. The summed E-state index contributed by atoms with van der Waals surface area (Å²) in [5, 5.41) is 12.1. The van der Waals surface area contributed by atoms with Crippen LogP contribution in [0.1, 0.15) is 38.5 Å². The molecule has 7 nitrogen and oxygen atoms in total. The van der Waals surface area contributed by atoms with E-state index in [0.717, 1.165) is 12.8 Å². The van der Waals surface area contributed by atoms with E-state index in [1.807, 2.05) is 0 Å². The van der Waals surface area contributed by atoms with E-state index >= 15 is 0 Å². The maximum Gasteiger partial charge on any atom is 0.303 e. The highest BCUT2D eigenvalue weighted by Gasteiger charge is 2.38. The van der Waals surface area contributed by atoms with Gasteiger partial charge in [0, 0.05) is 12.1 Å². The molecule has 1 fully saturated rings. The molecule has 0 atom stereocenters. The molecule has 0 aliphatic heterocycles. The zero-order valence-electron chi connectivity index (χ0n) is 16.5. The van der Waals surface area contributed by atoms with Crippen molar-refractivity contribution in [2.45, 2.75) is 43.4 Å². The monoisotopic (exact) mass is 484 g/mol. The first-order valence-corrected chi connectivity index (χ1v) is 11.9. The molecule has 3 N–H and O–H groups in total. The lowest BCUT2D eigenvalue weighted by Crippen LogP contribution is -2.27. The van der Waals surface area contributed by atoms with Crippen LogP contribution in [0.2, 0.25) is 10.0 Å². The number of amides is 1. The van der Waals surface area contributed by atoms with Crippen molar-refractivity contribution in [3.8, 4) is 0 Å². The molecular formula is C21H22Cl2N2O5S. The molecule has 2 aromatic rings. The number of carbonyl (C=O) groups excluding carboxylic acids is 1. The zero-order chi connectivity index (χ0) is 22.6. The molecular weight excluding hydrogens is 463 g/mol. The smallest absolute Gasteiger partial charge is 0.303 e. The number of carboxylic acid groups (broad SMARTS) is 1. The van der Waals surface area contributed by atoms with Gasteiger partial charge in [-0.3, -0.25) is 14.3 Å². The molecule has 0 aromatic heterocycles. The van der Waals surface area contributed by atoms with Gasteiger partial charge in [-0.25, -0.2) is 8.42 Å². The Morgan fingerprint density at radius 1 is 1.00 bits per heavy atom. The average Bonchev–Trinajstić information content (AvgIpc) is 3.11. The summed E-state index contributed by atoms with van der Waals surface area (Å²) < 4.78 is 28.1. The first-order chi connectivity index (χ1) is 14.6. The summed E-state index contributed by atoms with van der Waals surface area (Å²) >= 11 is 12.1. The van der Waals surface area contributed by atoms with Crippen molar-refractivity contribution in [2.75, 3.05) is 10.0 Å². The van der Waals surface area contributed by atoms with Crippen LogP contribution in [0.4, 0.5) is 11.4 Å². The fourth-order valence-electron chi connectivity index (χ4n) is 3.94. The Hall–Kier alpha value is -2.29. The Morgan fingerprint density at radius 2 is 1.68 bits per heavy atom. The SMILES string of the molecule is O=C(O)CC1(CC(=O)Nc2ccc(Cl)c(S(=O)(=O)Nc3ccccc3Cl)c2)CCCC1. The number of carboxylic acids is 1. The first kappa shape index (κ1) is 23.4. The highest BCUT2D eigenvalue weighted by molar-refractivity contribution is 7.92. The van der Waals surface area contributed by atoms with Crippen molar-refractivity contribution in [1.29, 1.82) is 0 Å². The normalized spacial score (nSPS) is 15.4. The fourth-order valence-corrected chi connectivity index (χ4v) is 5.78. The minimum absolute atomic E-state index is 0.0179. The van der Waals surface area contributed by atoms with Gasteiger partial charge in [0.1, 0.15) is 4.90 Å². The Morgan fingerprint density at radius 3 is 2.32 bits per heavy atom. The predicted molar refractivity (Wildman–Crippen MR) is 120 cm³/mol. The standard InChI is InChI=1S/C21H22Cl2N2O5S/c22-15-5-1-2-6-17(15)25-31(29,30)18-11-14(7-8-16(18)23)24-19(26)12-21(13-20(27)28)9-3-4-10-21/h1-2,5-8,11,25H,3-4,9-10,12-13H2,(H,24,26)(H,27,28). The fraction of sp³-hybridized carbons (Fsp3) is 0.333. The Bertz CT molecular complexity index is 1100. The van der Waals surface area contributed by atoms with Gasteiger partial charge in [0.2, 0.25) is 5.91 Å². The number of rotatable bonds is 8. The molecule has 0 saturated heterocycles. The highest BCUT2D eigenvalue weighted by atomic mass is 35.5. The van der Waals surface area contributed by atoms with Crippen LogP contribution in [-0.2, 0) is 19.6 Å². The second kappa shape index (κ2) is 9.46. The molecule has 10 heteroatoms. The number of para-hydroxylation sites is 1. The second-order valence-electron chi connectivity index (χ2n) is 7.73. The number of anilines is 2. The Balaban J connectivity index is 1.78. The summed E-state index contributed by atoms with van der Waals surface area (Å²) in [5.74, 6) is -1.30. The summed E-state index contributed by atoms with van der Waals surface area (Å²) in [4.78, 5) is 23.6. The van der Waals surface area contributed by atoms with E-state index in [0.29, 0.717) is 12.8 Å². The molecule has 1 amide bonds. The number of hydrogen-bond acceptors (Lipinski definition) is 4. The van der Waals surface area contributed by atoms with Crippen LogP contribution in [0, 0.1) is 5.41 Å². The van der Waals surface area contributed by atoms with Gasteiger partial charge in [-0.2, -0.15) is 0 Å². The minimum Gasteiger partial charge on any atom is -0.481 e. The largest absolute Gasteiger partial charge is 0.481 e. The number of nitrogens with one attached hydrogen (secondary N) is 2. The van der Waals surface area contributed by atoms with Gasteiger partial charge in [0.05, 0.1) is 22.2 Å². The van der Waals surface area contributed by atoms with Gasteiger partial charge in [-0.1, -0.05) is 48.2 Å². The molecule has 2 aromatic carbocycles. The van der Waals surface area contributed by atoms with Gasteiger partial charge in [0.15, 0.2) is 0 Å². The van der Waals surface area contributed by atoms with Gasteiger partial charge in [-0.15, -0.1) is 0 Å². The molecule has 3 rings (SSSR count). The Kier molecular flexibility index (Phi) is 7.13. The molecule has 31 heavy (non-hydrogen) atoms. The lowest BCUT2D eigenvalue weighted by Gasteiger charge is -2.26. The number of aliphatic carboxylic acids is 1. The van der Waals surface area contributed by atoms with Crippen molar-refractivity contribution in [3.63, 3.8) is 0 Å². The van der Waals surface area contributed by atoms with Crippen LogP contribution >= 0.6 is 23.2 Å². The number of carbonyl (C=O) groups is 2. The van der Waals surface area contributed by atoms with Crippen molar-refractivity contribution < 1.29 is 23.1 Å². The lowest BCUT2D eigenvalue weighted by atomic mass is 9.79. The molecule has 166 valence electrons. The number of sulfonamides is 1. The predicted octanol–water partition coefficient (Wildman–Crippen LogP) is 5.16. The van der Waals surface area contributed by atoms with Gasteiger partial charge in [-0.05, 0) is 48.6 Å². The van der Waals surface area contributed by atoms with Gasteiger partial charge in [0.25, 0.3) is 10.0 Å².